The largest absolute Gasteiger partial charge is 0.354 e. The van der Waals surface area contributed by atoms with Gasteiger partial charge in [0.05, 0.1) is 0 Å². The molecule has 1 fully saturated rings. The second kappa shape index (κ2) is 6.73. The predicted molar refractivity (Wildman–Crippen MR) is 83.0 cm³/mol. The molecule has 2 rings (SSSR count). The van der Waals surface area contributed by atoms with Crippen LogP contribution < -0.4 is 5.32 Å². The van der Waals surface area contributed by atoms with Gasteiger partial charge in [0.25, 0.3) is 0 Å². The van der Waals surface area contributed by atoms with E-state index >= 15 is 0 Å². The summed E-state index contributed by atoms with van der Waals surface area (Å²) in [6.45, 7) is 4.61. The molecule has 0 aliphatic carbocycles. The number of amides is 3. The van der Waals surface area contributed by atoms with Crippen molar-refractivity contribution >= 4 is 17.7 Å². The van der Waals surface area contributed by atoms with Gasteiger partial charge in [-0.05, 0) is 11.0 Å². The number of carbonyl (C=O) groups excluding carboxylic acids is 3. The Balaban J connectivity index is 1.81. The molecule has 1 heterocycles. The quantitative estimate of drug-likeness (QED) is 0.812. The first-order chi connectivity index (χ1) is 10.4. The van der Waals surface area contributed by atoms with Gasteiger partial charge < -0.3 is 5.32 Å². The average molecular weight is 302 g/mol. The summed E-state index contributed by atoms with van der Waals surface area (Å²) in [5, 5.41) is 2.79. The van der Waals surface area contributed by atoms with Gasteiger partial charge in [0, 0.05) is 32.4 Å². The minimum atomic E-state index is -0.259. The summed E-state index contributed by atoms with van der Waals surface area (Å²) >= 11 is 0. The molecule has 1 aromatic carbocycles. The third kappa shape index (κ3) is 3.93. The fraction of sp³-hybridized carbons (Fsp3) is 0.471. The fourth-order valence-electron chi connectivity index (χ4n) is 2.63. The molecule has 1 aliphatic rings. The van der Waals surface area contributed by atoms with Crippen LogP contribution >= 0.6 is 0 Å². The predicted octanol–water partition coefficient (Wildman–Crippen LogP) is 1.62. The van der Waals surface area contributed by atoms with Gasteiger partial charge in [0.2, 0.25) is 17.7 Å². The molecule has 0 bridgehead atoms. The van der Waals surface area contributed by atoms with Crippen molar-refractivity contribution in [1.29, 1.82) is 0 Å². The second-order valence-corrected chi connectivity index (χ2v) is 6.22. The lowest BCUT2D eigenvalue weighted by atomic mass is 9.81. The van der Waals surface area contributed by atoms with Crippen LogP contribution in [0, 0.1) is 0 Å². The highest BCUT2D eigenvalue weighted by molar-refractivity contribution is 6.01. The molecule has 0 atom stereocenters. The first-order valence-electron chi connectivity index (χ1n) is 7.55. The molecule has 0 saturated carbocycles. The first-order valence-corrected chi connectivity index (χ1v) is 7.55. The van der Waals surface area contributed by atoms with Crippen LogP contribution in [0.25, 0.3) is 0 Å². The fourth-order valence-corrected chi connectivity index (χ4v) is 2.63. The zero-order chi connectivity index (χ0) is 16.2. The molecular formula is C17H22N2O3. The Morgan fingerprint density at radius 2 is 1.73 bits per heavy atom. The Morgan fingerprint density at radius 3 is 2.32 bits per heavy atom. The smallest absolute Gasteiger partial charge is 0.229 e. The molecule has 22 heavy (non-hydrogen) atoms. The molecule has 3 amide bonds. The van der Waals surface area contributed by atoms with Gasteiger partial charge in [0.15, 0.2) is 0 Å². The van der Waals surface area contributed by atoms with Crippen molar-refractivity contribution in [2.45, 2.75) is 38.5 Å². The lowest BCUT2D eigenvalue weighted by Gasteiger charge is -2.24. The van der Waals surface area contributed by atoms with Crippen molar-refractivity contribution in [1.82, 2.24) is 10.2 Å². The van der Waals surface area contributed by atoms with E-state index in [4.69, 9.17) is 0 Å². The van der Waals surface area contributed by atoms with E-state index in [-0.39, 0.29) is 42.5 Å². The van der Waals surface area contributed by atoms with Gasteiger partial charge in [-0.2, -0.15) is 0 Å². The number of hydrogen-bond donors (Lipinski definition) is 1. The summed E-state index contributed by atoms with van der Waals surface area (Å²) in [5.74, 6) is -0.374. The summed E-state index contributed by atoms with van der Waals surface area (Å²) in [6, 6.07) is 9.88. The first kappa shape index (κ1) is 16.2. The molecule has 1 N–H and O–H groups in total. The Bertz CT molecular complexity index is 551. The van der Waals surface area contributed by atoms with Crippen molar-refractivity contribution in [2.75, 3.05) is 13.1 Å². The van der Waals surface area contributed by atoms with Crippen LogP contribution in [0.2, 0.25) is 0 Å². The minimum absolute atomic E-state index is 0.0760. The van der Waals surface area contributed by atoms with Crippen molar-refractivity contribution in [3.8, 4) is 0 Å². The summed E-state index contributed by atoms with van der Waals surface area (Å²) in [5.41, 5.74) is 0.847. The lowest BCUT2D eigenvalue weighted by Crippen LogP contribution is -2.39. The highest BCUT2D eigenvalue weighted by atomic mass is 16.2. The third-order valence-electron chi connectivity index (χ3n) is 3.97. The Kier molecular flexibility index (Phi) is 4.96. The summed E-state index contributed by atoms with van der Waals surface area (Å²) in [4.78, 5) is 36.2. The van der Waals surface area contributed by atoms with Crippen LogP contribution in [0.1, 0.15) is 38.7 Å². The van der Waals surface area contributed by atoms with Crippen molar-refractivity contribution < 1.29 is 14.4 Å². The van der Waals surface area contributed by atoms with E-state index in [1.165, 1.54) is 4.90 Å². The Hall–Kier alpha value is -2.17. The monoisotopic (exact) mass is 302 g/mol. The number of nitrogens with one attached hydrogen (secondary N) is 1. The van der Waals surface area contributed by atoms with E-state index in [1.54, 1.807) is 0 Å². The van der Waals surface area contributed by atoms with Gasteiger partial charge >= 0.3 is 0 Å². The highest BCUT2D eigenvalue weighted by Gasteiger charge is 2.28. The zero-order valence-electron chi connectivity index (χ0n) is 13.1. The molecule has 1 aromatic rings. The molecular weight excluding hydrogens is 280 g/mol. The van der Waals surface area contributed by atoms with Crippen molar-refractivity contribution in [3.05, 3.63) is 35.9 Å². The number of carbonyl (C=O) groups is 3. The van der Waals surface area contributed by atoms with Gasteiger partial charge in [-0.15, -0.1) is 0 Å². The SMILES string of the molecule is CC(C)(CC(=O)NCCN1C(=O)CCC1=O)c1ccccc1. The molecule has 0 radical (unpaired) electrons. The van der Waals surface area contributed by atoms with Gasteiger partial charge in [-0.3, -0.25) is 19.3 Å². The molecule has 0 spiro atoms. The third-order valence-corrected chi connectivity index (χ3v) is 3.97. The van der Waals surface area contributed by atoms with Crippen molar-refractivity contribution in [3.63, 3.8) is 0 Å². The normalized spacial score (nSPS) is 15.3. The number of imide groups is 1. The summed E-state index contributed by atoms with van der Waals surface area (Å²) in [7, 11) is 0. The second-order valence-electron chi connectivity index (χ2n) is 6.22. The number of likely N-dealkylation sites (tertiary alicyclic amines) is 1. The average Bonchev–Trinajstić information content (AvgIpc) is 2.79. The molecule has 5 nitrogen and oxygen atoms in total. The Morgan fingerprint density at radius 1 is 1.14 bits per heavy atom. The van der Waals surface area contributed by atoms with Crippen molar-refractivity contribution in [2.24, 2.45) is 0 Å². The maximum absolute atomic E-state index is 12.1. The zero-order valence-corrected chi connectivity index (χ0v) is 13.1. The maximum atomic E-state index is 12.1. The molecule has 5 heteroatoms. The number of benzene rings is 1. The molecule has 1 aliphatic heterocycles. The topological polar surface area (TPSA) is 66.5 Å². The standard InChI is InChI=1S/C17H22N2O3/c1-17(2,13-6-4-3-5-7-13)12-14(20)18-10-11-19-15(21)8-9-16(19)22/h3-7H,8-12H2,1-2H3,(H,18,20). The van der Waals surface area contributed by atoms with Crippen LogP contribution in [-0.4, -0.2) is 35.7 Å². The molecule has 118 valence electrons. The Labute approximate surface area is 130 Å². The number of nitrogens with zero attached hydrogens (tertiary/aromatic N) is 1. The van der Waals surface area contributed by atoms with E-state index in [2.05, 4.69) is 5.32 Å². The minimum Gasteiger partial charge on any atom is -0.354 e. The number of rotatable bonds is 6. The van der Waals surface area contributed by atoms with Crippen LogP contribution in [0.4, 0.5) is 0 Å². The lowest BCUT2D eigenvalue weighted by molar-refractivity contribution is -0.138. The van der Waals surface area contributed by atoms with E-state index in [0.717, 1.165) is 5.56 Å². The van der Waals surface area contributed by atoms with E-state index in [0.29, 0.717) is 13.0 Å². The van der Waals surface area contributed by atoms with Crippen LogP contribution in [0.5, 0.6) is 0 Å². The van der Waals surface area contributed by atoms with Gasteiger partial charge in [-0.1, -0.05) is 44.2 Å². The molecule has 1 saturated heterocycles. The molecule has 0 unspecified atom stereocenters. The van der Waals surface area contributed by atoms with E-state index in [1.807, 2.05) is 44.2 Å². The van der Waals surface area contributed by atoms with Gasteiger partial charge in [0.1, 0.15) is 0 Å². The van der Waals surface area contributed by atoms with Crippen LogP contribution in [0.15, 0.2) is 30.3 Å². The van der Waals surface area contributed by atoms with Crippen LogP contribution in [-0.2, 0) is 19.8 Å². The van der Waals surface area contributed by atoms with Gasteiger partial charge in [-0.25, -0.2) is 0 Å². The molecule has 0 aromatic heterocycles. The maximum Gasteiger partial charge on any atom is 0.229 e. The highest BCUT2D eigenvalue weighted by Crippen LogP contribution is 2.26. The number of hydrogen-bond acceptors (Lipinski definition) is 3. The van der Waals surface area contributed by atoms with Crippen LogP contribution in [0.3, 0.4) is 0 Å². The summed E-state index contributed by atoms with van der Waals surface area (Å²) in [6.07, 6.45) is 0.931. The summed E-state index contributed by atoms with van der Waals surface area (Å²) < 4.78 is 0. The van der Waals surface area contributed by atoms with E-state index in [9.17, 15) is 14.4 Å². The van der Waals surface area contributed by atoms with E-state index < -0.39 is 0 Å².